The molecule has 148 valence electrons. The highest BCUT2D eigenvalue weighted by molar-refractivity contribution is 9.10. The average molecular weight is 462 g/mol. The highest BCUT2D eigenvalue weighted by Gasteiger charge is 2.24. The van der Waals surface area contributed by atoms with Crippen LogP contribution in [-0.4, -0.2) is 19.7 Å². The summed E-state index contributed by atoms with van der Waals surface area (Å²) in [5, 5.41) is 5.62. The molecule has 1 unspecified atom stereocenters. The van der Waals surface area contributed by atoms with E-state index < -0.39 is 6.04 Å². The van der Waals surface area contributed by atoms with Gasteiger partial charge in [-0.15, -0.1) is 0 Å². The van der Waals surface area contributed by atoms with E-state index in [0.717, 1.165) is 10.0 Å². The Kier molecular flexibility index (Phi) is 4.36. The van der Waals surface area contributed by atoms with Crippen molar-refractivity contribution < 1.29 is 4.42 Å². The first kappa shape index (κ1) is 18.5. The fourth-order valence-corrected chi connectivity index (χ4v) is 3.99. The van der Waals surface area contributed by atoms with Crippen molar-refractivity contribution in [3.05, 3.63) is 81.5 Å². The zero-order valence-electron chi connectivity index (χ0n) is 15.9. The number of fused-ring (bicyclic) bond motifs is 2. The van der Waals surface area contributed by atoms with E-state index in [1.807, 2.05) is 43.3 Å². The normalized spacial score (nSPS) is 12.5. The first-order valence-corrected chi connectivity index (χ1v) is 10.1. The molecule has 0 aliphatic heterocycles. The van der Waals surface area contributed by atoms with Gasteiger partial charge in [-0.05, 0) is 30.7 Å². The standard InChI is InChI=1S/C22H16BrN5O2/c1-12(28-22-16(10-27-28)21(24)25-11-26-22)20-18(13-5-3-2-4-6-13)19(29)15-9-14(23)7-8-17(15)30-20/h2-12H,1H3,(H2,24,25,26). The molecule has 0 radical (unpaired) electrons. The third-order valence-corrected chi connectivity index (χ3v) is 5.60. The van der Waals surface area contributed by atoms with Crippen LogP contribution in [0.2, 0.25) is 0 Å². The van der Waals surface area contributed by atoms with Gasteiger partial charge >= 0.3 is 0 Å². The highest BCUT2D eigenvalue weighted by atomic mass is 79.9. The Balaban J connectivity index is 1.82. The number of hydrogen-bond acceptors (Lipinski definition) is 6. The van der Waals surface area contributed by atoms with E-state index in [2.05, 4.69) is 31.0 Å². The van der Waals surface area contributed by atoms with Gasteiger partial charge in [0.25, 0.3) is 0 Å². The Morgan fingerprint density at radius 2 is 1.90 bits per heavy atom. The van der Waals surface area contributed by atoms with E-state index in [9.17, 15) is 4.79 Å². The topological polar surface area (TPSA) is 99.8 Å². The summed E-state index contributed by atoms with van der Waals surface area (Å²) in [7, 11) is 0. The molecular formula is C22H16BrN5O2. The van der Waals surface area contributed by atoms with E-state index in [1.54, 1.807) is 23.0 Å². The predicted octanol–water partition coefficient (Wildman–Crippen LogP) is 4.55. The van der Waals surface area contributed by atoms with Crippen molar-refractivity contribution in [2.45, 2.75) is 13.0 Å². The Morgan fingerprint density at radius 3 is 2.70 bits per heavy atom. The van der Waals surface area contributed by atoms with Crippen molar-refractivity contribution in [1.82, 2.24) is 19.7 Å². The lowest BCUT2D eigenvalue weighted by atomic mass is 9.99. The van der Waals surface area contributed by atoms with Crippen LogP contribution in [0.1, 0.15) is 18.7 Å². The molecule has 0 bridgehead atoms. The average Bonchev–Trinajstić information content (AvgIpc) is 3.20. The van der Waals surface area contributed by atoms with Gasteiger partial charge in [0.2, 0.25) is 5.43 Å². The van der Waals surface area contributed by atoms with Crippen molar-refractivity contribution >= 4 is 43.8 Å². The van der Waals surface area contributed by atoms with Crippen LogP contribution in [0.15, 0.2) is 74.7 Å². The third kappa shape index (κ3) is 2.88. The molecule has 3 heterocycles. The molecule has 0 fully saturated rings. The Morgan fingerprint density at radius 1 is 1.10 bits per heavy atom. The van der Waals surface area contributed by atoms with Gasteiger partial charge in [0.1, 0.15) is 29.5 Å². The molecule has 0 saturated heterocycles. The second-order valence-corrected chi connectivity index (χ2v) is 7.85. The molecule has 0 aliphatic rings. The van der Waals surface area contributed by atoms with E-state index in [1.165, 1.54) is 6.33 Å². The Labute approximate surface area is 179 Å². The van der Waals surface area contributed by atoms with Gasteiger partial charge in [0.05, 0.1) is 22.5 Å². The van der Waals surface area contributed by atoms with Crippen LogP contribution in [0.5, 0.6) is 0 Å². The maximum atomic E-state index is 13.5. The number of anilines is 1. The van der Waals surface area contributed by atoms with Gasteiger partial charge in [-0.25, -0.2) is 14.6 Å². The number of rotatable bonds is 3. The maximum absolute atomic E-state index is 13.5. The van der Waals surface area contributed by atoms with Crippen LogP contribution >= 0.6 is 15.9 Å². The lowest BCUT2D eigenvalue weighted by molar-refractivity contribution is 0.445. The van der Waals surface area contributed by atoms with Gasteiger partial charge in [0, 0.05) is 4.47 Å². The number of nitrogens with zero attached hydrogens (tertiary/aromatic N) is 4. The summed E-state index contributed by atoms with van der Waals surface area (Å²) in [6.45, 7) is 1.92. The van der Waals surface area contributed by atoms with Crippen LogP contribution in [0.25, 0.3) is 33.1 Å². The van der Waals surface area contributed by atoms with Crippen molar-refractivity contribution in [3.8, 4) is 11.1 Å². The van der Waals surface area contributed by atoms with Crippen molar-refractivity contribution in [2.75, 3.05) is 5.73 Å². The monoisotopic (exact) mass is 461 g/mol. The minimum atomic E-state index is -0.409. The van der Waals surface area contributed by atoms with Gasteiger partial charge in [-0.3, -0.25) is 4.79 Å². The molecule has 5 aromatic rings. The molecular weight excluding hydrogens is 446 g/mol. The lowest BCUT2D eigenvalue weighted by Gasteiger charge is -2.17. The van der Waals surface area contributed by atoms with Gasteiger partial charge in [-0.1, -0.05) is 46.3 Å². The summed E-state index contributed by atoms with van der Waals surface area (Å²) in [6, 6.07) is 14.5. The molecule has 0 amide bonds. The molecule has 7 nitrogen and oxygen atoms in total. The van der Waals surface area contributed by atoms with Crippen LogP contribution in [-0.2, 0) is 0 Å². The molecule has 0 spiro atoms. The number of nitrogens with two attached hydrogens (primary N) is 1. The molecule has 30 heavy (non-hydrogen) atoms. The van der Waals surface area contributed by atoms with E-state index in [0.29, 0.717) is 39.1 Å². The van der Waals surface area contributed by atoms with Crippen molar-refractivity contribution in [2.24, 2.45) is 0 Å². The molecule has 1 atom stereocenters. The highest BCUT2D eigenvalue weighted by Crippen LogP contribution is 2.33. The smallest absolute Gasteiger partial charge is 0.200 e. The first-order chi connectivity index (χ1) is 14.5. The zero-order chi connectivity index (χ0) is 20.8. The molecule has 0 aliphatic carbocycles. The summed E-state index contributed by atoms with van der Waals surface area (Å²) >= 11 is 3.44. The summed E-state index contributed by atoms with van der Waals surface area (Å²) < 4.78 is 8.80. The Hall–Kier alpha value is -3.52. The van der Waals surface area contributed by atoms with Crippen molar-refractivity contribution in [3.63, 3.8) is 0 Å². The molecule has 0 saturated carbocycles. The molecule has 2 aromatic carbocycles. The Bertz CT molecular complexity index is 1460. The third-order valence-electron chi connectivity index (χ3n) is 5.11. The SMILES string of the molecule is CC(c1oc2ccc(Br)cc2c(=O)c1-c1ccccc1)n1ncc2c(N)ncnc21. The van der Waals surface area contributed by atoms with Crippen LogP contribution < -0.4 is 11.2 Å². The van der Waals surface area contributed by atoms with E-state index >= 15 is 0 Å². The molecule has 5 rings (SSSR count). The van der Waals surface area contributed by atoms with Gasteiger partial charge in [-0.2, -0.15) is 5.10 Å². The summed E-state index contributed by atoms with van der Waals surface area (Å²) in [4.78, 5) is 21.9. The van der Waals surface area contributed by atoms with Gasteiger partial charge < -0.3 is 10.2 Å². The van der Waals surface area contributed by atoms with Crippen molar-refractivity contribution in [1.29, 1.82) is 0 Å². The van der Waals surface area contributed by atoms with E-state index in [-0.39, 0.29) is 5.43 Å². The number of benzene rings is 2. The predicted molar refractivity (Wildman–Crippen MR) is 119 cm³/mol. The number of halogens is 1. The number of aromatic nitrogens is 4. The summed E-state index contributed by atoms with van der Waals surface area (Å²) in [6.07, 6.45) is 3.02. The van der Waals surface area contributed by atoms with Crippen LogP contribution in [0, 0.1) is 0 Å². The maximum Gasteiger partial charge on any atom is 0.200 e. The number of nitrogen functional groups attached to an aromatic ring is 1. The second-order valence-electron chi connectivity index (χ2n) is 6.94. The fraction of sp³-hybridized carbons (Fsp3) is 0.0909. The first-order valence-electron chi connectivity index (χ1n) is 9.30. The molecule has 8 heteroatoms. The molecule has 3 aromatic heterocycles. The minimum absolute atomic E-state index is 0.101. The zero-order valence-corrected chi connectivity index (χ0v) is 17.5. The van der Waals surface area contributed by atoms with E-state index in [4.69, 9.17) is 10.2 Å². The molecule has 2 N–H and O–H groups in total. The lowest BCUT2D eigenvalue weighted by Crippen LogP contribution is -2.16. The van der Waals surface area contributed by atoms with Crippen LogP contribution in [0.4, 0.5) is 5.82 Å². The van der Waals surface area contributed by atoms with Gasteiger partial charge in [0.15, 0.2) is 5.65 Å². The minimum Gasteiger partial charge on any atom is -0.458 e. The largest absolute Gasteiger partial charge is 0.458 e. The second kappa shape index (κ2) is 7.07. The summed E-state index contributed by atoms with van der Waals surface area (Å²) in [5.41, 5.74) is 8.22. The quantitative estimate of drug-likeness (QED) is 0.422. The number of hydrogen-bond donors (Lipinski definition) is 1. The fourth-order valence-electron chi connectivity index (χ4n) is 3.63. The van der Waals surface area contributed by atoms with Crippen LogP contribution in [0.3, 0.4) is 0 Å². The summed E-state index contributed by atoms with van der Waals surface area (Å²) in [5.74, 6) is 0.856.